The van der Waals surface area contributed by atoms with Gasteiger partial charge in [-0.3, -0.25) is 9.59 Å². The number of nitrogens with zero attached hydrogens (tertiary/aromatic N) is 1. The molecule has 1 atom stereocenters. The third-order valence-corrected chi connectivity index (χ3v) is 7.21. The van der Waals surface area contributed by atoms with Crippen molar-refractivity contribution in [3.05, 3.63) is 71.8 Å². The molecule has 196 valence electrons. The second-order valence-electron chi connectivity index (χ2n) is 7.97. The molecule has 1 fully saturated rings. The summed E-state index contributed by atoms with van der Waals surface area (Å²) in [7, 11) is 0. The first-order valence-electron chi connectivity index (χ1n) is 12.4. The van der Waals surface area contributed by atoms with Crippen molar-refractivity contribution in [2.45, 2.75) is 39.7 Å². The van der Waals surface area contributed by atoms with Crippen molar-refractivity contribution in [2.24, 2.45) is 0 Å². The fourth-order valence-corrected chi connectivity index (χ4v) is 5.48. The number of esters is 1. The molecule has 1 aromatic heterocycles. The van der Waals surface area contributed by atoms with Crippen LogP contribution < -0.4 is 10.0 Å². The van der Waals surface area contributed by atoms with Gasteiger partial charge in [0, 0.05) is 28.9 Å². The van der Waals surface area contributed by atoms with Gasteiger partial charge >= 0.3 is 5.97 Å². The Hall–Kier alpha value is -3.30. The van der Waals surface area contributed by atoms with Crippen LogP contribution in [0.15, 0.2) is 60.7 Å². The molecule has 37 heavy (non-hydrogen) atoms. The van der Waals surface area contributed by atoms with Crippen LogP contribution in [-0.2, 0) is 9.53 Å². The molecule has 7 nitrogen and oxygen atoms in total. The molecule has 1 aliphatic rings. The van der Waals surface area contributed by atoms with Gasteiger partial charge in [0.25, 0.3) is 5.91 Å². The first-order valence-corrected chi connectivity index (χ1v) is 14.4. The summed E-state index contributed by atoms with van der Waals surface area (Å²) >= 11 is 2.77. The lowest BCUT2D eigenvalue weighted by molar-refractivity contribution is -0.119. The minimum Gasteiger partial charge on any atom is -0.462 e. The zero-order valence-electron chi connectivity index (χ0n) is 21.6. The van der Waals surface area contributed by atoms with Crippen molar-refractivity contribution in [1.29, 1.82) is 0 Å². The SMILES string of the molecule is CC.CCOC(=O)c1cc(-c2ccccc2)sc1NC(=O)C1CCCN1C(=O)c1cccc(NSC)c1. The first-order chi connectivity index (χ1) is 18.0. The average Bonchev–Trinajstić information content (AvgIpc) is 3.58. The van der Waals surface area contributed by atoms with E-state index in [9.17, 15) is 14.4 Å². The highest BCUT2D eigenvalue weighted by Gasteiger charge is 2.35. The fourth-order valence-electron chi connectivity index (χ4n) is 4.07. The number of hydrogen-bond acceptors (Lipinski definition) is 7. The van der Waals surface area contributed by atoms with Crippen LogP contribution >= 0.6 is 23.3 Å². The summed E-state index contributed by atoms with van der Waals surface area (Å²) in [6.07, 6.45) is 3.21. The van der Waals surface area contributed by atoms with Crippen LogP contribution in [0.25, 0.3) is 10.4 Å². The minimum absolute atomic E-state index is 0.186. The highest BCUT2D eigenvalue weighted by atomic mass is 32.2. The predicted molar refractivity (Wildman–Crippen MR) is 153 cm³/mol. The van der Waals surface area contributed by atoms with Crippen molar-refractivity contribution in [1.82, 2.24) is 4.90 Å². The van der Waals surface area contributed by atoms with Gasteiger partial charge < -0.3 is 19.7 Å². The Morgan fingerprint density at radius 2 is 1.84 bits per heavy atom. The van der Waals surface area contributed by atoms with Crippen LogP contribution in [0.3, 0.4) is 0 Å². The summed E-state index contributed by atoms with van der Waals surface area (Å²) in [5, 5.41) is 3.35. The molecule has 0 bridgehead atoms. The third-order valence-electron chi connectivity index (χ3n) is 5.67. The number of amides is 2. The molecule has 3 aromatic rings. The fraction of sp³-hybridized carbons (Fsp3) is 0.321. The molecule has 2 heterocycles. The van der Waals surface area contributed by atoms with E-state index >= 15 is 0 Å². The van der Waals surface area contributed by atoms with E-state index in [4.69, 9.17) is 4.74 Å². The van der Waals surface area contributed by atoms with Gasteiger partial charge in [0.05, 0.1) is 12.2 Å². The molecule has 0 spiro atoms. The Balaban J connectivity index is 0.00000186. The summed E-state index contributed by atoms with van der Waals surface area (Å²) in [5.74, 6) is -0.978. The maximum Gasteiger partial charge on any atom is 0.341 e. The highest BCUT2D eigenvalue weighted by Crippen LogP contribution is 2.36. The van der Waals surface area contributed by atoms with Crippen molar-refractivity contribution in [2.75, 3.05) is 29.4 Å². The zero-order chi connectivity index (χ0) is 26.8. The number of anilines is 2. The molecule has 2 N–H and O–H groups in total. The van der Waals surface area contributed by atoms with E-state index in [0.717, 1.165) is 22.5 Å². The van der Waals surface area contributed by atoms with Gasteiger partial charge in [-0.15, -0.1) is 11.3 Å². The molecule has 4 rings (SSSR count). The van der Waals surface area contributed by atoms with Crippen LogP contribution in [0.5, 0.6) is 0 Å². The molecule has 0 radical (unpaired) electrons. The van der Waals surface area contributed by atoms with Crippen LogP contribution in [-0.4, -0.2) is 48.1 Å². The minimum atomic E-state index is -0.614. The number of hydrogen-bond donors (Lipinski definition) is 2. The molecule has 1 saturated heterocycles. The molecular weight excluding hydrogens is 506 g/mol. The number of ether oxygens (including phenoxy) is 1. The number of benzene rings is 2. The van der Waals surface area contributed by atoms with E-state index in [0.29, 0.717) is 29.1 Å². The monoisotopic (exact) mass is 539 g/mol. The third kappa shape index (κ3) is 6.93. The second-order valence-corrected chi connectivity index (χ2v) is 9.64. The predicted octanol–water partition coefficient (Wildman–Crippen LogP) is 6.55. The smallest absolute Gasteiger partial charge is 0.341 e. The lowest BCUT2D eigenvalue weighted by Gasteiger charge is -2.24. The molecular formula is C28H33N3O4S2. The lowest BCUT2D eigenvalue weighted by atomic mass is 10.1. The van der Waals surface area contributed by atoms with Crippen molar-refractivity contribution in [3.8, 4) is 10.4 Å². The van der Waals surface area contributed by atoms with Gasteiger partial charge in [-0.25, -0.2) is 4.79 Å². The molecule has 0 saturated carbocycles. The Morgan fingerprint density at radius 1 is 1.08 bits per heavy atom. The Bertz CT molecular complexity index is 1210. The molecule has 2 amide bonds. The van der Waals surface area contributed by atoms with Crippen molar-refractivity contribution in [3.63, 3.8) is 0 Å². The molecule has 1 aliphatic heterocycles. The second kappa shape index (κ2) is 13.9. The van der Waals surface area contributed by atoms with Gasteiger partial charge in [-0.2, -0.15) is 0 Å². The summed E-state index contributed by atoms with van der Waals surface area (Å²) in [6, 6.07) is 18.0. The Kier molecular flexibility index (Phi) is 10.6. The lowest BCUT2D eigenvalue weighted by Crippen LogP contribution is -2.43. The first kappa shape index (κ1) is 28.3. The number of carbonyl (C=O) groups excluding carboxylic acids is 3. The van der Waals surface area contributed by atoms with Crippen LogP contribution in [0.2, 0.25) is 0 Å². The molecule has 9 heteroatoms. The number of rotatable bonds is 8. The summed E-state index contributed by atoms with van der Waals surface area (Å²) < 4.78 is 8.34. The highest BCUT2D eigenvalue weighted by molar-refractivity contribution is 7.99. The van der Waals surface area contributed by atoms with Gasteiger partial charge in [-0.05, 0) is 49.6 Å². The number of nitrogens with one attached hydrogen (secondary N) is 2. The Morgan fingerprint density at radius 3 is 2.54 bits per heavy atom. The standard InChI is InChI=1S/C26H27N3O4S2.C2H6/c1-3-33-26(32)20-16-22(17-9-5-4-6-10-17)35-24(20)27-23(30)21-13-8-14-29(21)25(31)18-11-7-12-19(15-18)28-34-2;1-2/h4-7,9-12,15-16,21,28H,3,8,13-14H2,1-2H3,(H,27,30);1-2H3. The van der Waals surface area contributed by atoms with Crippen LogP contribution in [0.1, 0.15) is 54.3 Å². The van der Waals surface area contributed by atoms with Gasteiger partial charge in [0.15, 0.2) is 0 Å². The van der Waals surface area contributed by atoms with Crippen molar-refractivity contribution >= 4 is 51.8 Å². The summed E-state index contributed by atoms with van der Waals surface area (Å²) in [5.41, 5.74) is 2.61. The maximum atomic E-state index is 13.3. The van der Waals surface area contributed by atoms with E-state index in [-0.39, 0.29) is 18.4 Å². The van der Waals surface area contributed by atoms with Crippen LogP contribution in [0.4, 0.5) is 10.7 Å². The van der Waals surface area contributed by atoms with Gasteiger partial charge in [0.1, 0.15) is 11.0 Å². The number of likely N-dealkylation sites (tertiary alicyclic amines) is 1. The quantitative estimate of drug-likeness (QED) is 0.249. The normalized spacial score (nSPS) is 14.4. The zero-order valence-corrected chi connectivity index (χ0v) is 23.2. The van der Waals surface area contributed by atoms with E-state index < -0.39 is 12.0 Å². The molecule has 2 aromatic carbocycles. The van der Waals surface area contributed by atoms with E-state index in [1.165, 1.54) is 23.3 Å². The summed E-state index contributed by atoms with van der Waals surface area (Å²) in [6.45, 7) is 6.48. The molecule has 0 aliphatic carbocycles. The molecule has 1 unspecified atom stereocenters. The van der Waals surface area contributed by atoms with Crippen LogP contribution in [0, 0.1) is 0 Å². The van der Waals surface area contributed by atoms with E-state index in [2.05, 4.69) is 10.0 Å². The average molecular weight is 540 g/mol. The van der Waals surface area contributed by atoms with Gasteiger partial charge in [-0.1, -0.05) is 62.2 Å². The van der Waals surface area contributed by atoms with E-state index in [1.54, 1.807) is 30.0 Å². The van der Waals surface area contributed by atoms with Crippen molar-refractivity contribution < 1.29 is 19.1 Å². The topological polar surface area (TPSA) is 87.7 Å². The Labute approximate surface area is 226 Å². The maximum absolute atomic E-state index is 13.3. The van der Waals surface area contributed by atoms with Gasteiger partial charge in [0.2, 0.25) is 5.91 Å². The summed E-state index contributed by atoms with van der Waals surface area (Å²) in [4.78, 5) is 41.7. The van der Waals surface area contributed by atoms with E-state index in [1.807, 2.05) is 62.6 Å². The number of carbonyl (C=O) groups is 3. The largest absolute Gasteiger partial charge is 0.462 e. The number of thiophene rings is 1.